The lowest BCUT2D eigenvalue weighted by atomic mass is 9.95. The highest BCUT2D eigenvalue weighted by atomic mass is 16.6. The first-order valence-electron chi connectivity index (χ1n) is 10.9. The fourth-order valence-electron chi connectivity index (χ4n) is 3.88. The standard InChI is InChI=1S/C25H34N2O4/c1-25(2,3)31-24(29)27-16-20(30-17-19-12-8-5-9-13-19)15-22(27)23(28)21(26)14-18-10-6-4-7-11-18/h4-13,20-23,28H,14-17,26H2,1-3H3/t20?,21-,22?,23-/m1/s1. The number of ether oxygens (including phenoxy) is 2. The Hall–Kier alpha value is -2.41. The summed E-state index contributed by atoms with van der Waals surface area (Å²) in [4.78, 5) is 14.5. The van der Waals surface area contributed by atoms with Crippen LogP contribution in [0.5, 0.6) is 0 Å². The van der Waals surface area contributed by atoms with Crippen LogP contribution in [0.25, 0.3) is 0 Å². The molecule has 2 unspecified atom stereocenters. The summed E-state index contributed by atoms with van der Waals surface area (Å²) in [5, 5.41) is 11.1. The van der Waals surface area contributed by atoms with Crippen LogP contribution in [-0.2, 0) is 22.5 Å². The number of carbonyl (C=O) groups is 1. The van der Waals surface area contributed by atoms with Crippen molar-refractivity contribution in [1.29, 1.82) is 0 Å². The summed E-state index contributed by atoms with van der Waals surface area (Å²) in [6.45, 7) is 6.30. The molecule has 2 aromatic carbocycles. The zero-order chi connectivity index (χ0) is 22.4. The van der Waals surface area contributed by atoms with Gasteiger partial charge in [0, 0.05) is 6.04 Å². The van der Waals surface area contributed by atoms with Gasteiger partial charge in [-0.15, -0.1) is 0 Å². The second-order valence-electron chi connectivity index (χ2n) is 9.20. The maximum absolute atomic E-state index is 12.9. The van der Waals surface area contributed by atoms with Crippen LogP contribution in [0.1, 0.15) is 38.3 Å². The minimum absolute atomic E-state index is 0.198. The number of amides is 1. The zero-order valence-corrected chi connectivity index (χ0v) is 18.6. The topological polar surface area (TPSA) is 85.0 Å². The van der Waals surface area contributed by atoms with Crippen molar-refractivity contribution >= 4 is 6.09 Å². The molecular weight excluding hydrogens is 392 g/mol. The van der Waals surface area contributed by atoms with E-state index >= 15 is 0 Å². The second-order valence-corrected chi connectivity index (χ2v) is 9.20. The Balaban J connectivity index is 1.69. The van der Waals surface area contributed by atoms with Crippen molar-refractivity contribution in [1.82, 2.24) is 4.90 Å². The fraction of sp³-hybridized carbons (Fsp3) is 0.480. The molecule has 0 saturated carbocycles. The molecule has 0 aliphatic carbocycles. The molecule has 3 rings (SSSR count). The maximum Gasteiger partial charge on any atom is 0.410 e. The number of likely N-dealkylation sites (tertiary alicyclic amines) is 1. The number of aliphatic hydroxyl groups is 1. The van der Waals surface area contributed by atoms with Gasteiger partial charge >= 0.3 is 6.09 Å². The summed E-state index contributed by atoms with van der Waals surface area (Å²) in [6, 6.07) is 18.7. The summed E-state index contributed by atoms with van der Waals surface area (Å²) in [7, 11) is 0. The molecule has 3 N–H and O–H groups in total. The third kappa shape index (κ3) is 6.79. The lowest BCUT2D eigenvalue weighted by Crippen LogP contribution is -2.52. The van der Waals surface area contributed by atoms with Crippen LogP contribution in [0.3, 0.4) is 0 Å². The molecule has 6 heteroatoms. The predicted molar refractivity (Wildman–Crippen MR) is 120 cm³/mol. The minimum Gasteiger partial charge on any atom is -0.444 e. The second kappa shape index (κ2) is 10.3. The van der Waals surface area contributed by atoms with E-state index in [9.17, 15) is 9.90 Å². The van der Waals surface area contributed by atoms with Gasteiger partial charge in [0.1, 0.15) is 5.60 Å². The van der Waals surface area contributed by atoms with Gasteiger partial charge in [0.05, 0.1) is 31.4 Å². The van der Waals surface area contributed by atoms with Crippen LogP contribution in [-0.4, -0.2) is 52.5 Å². The summed E-state index contributed by atoms with van der Waals surface area (Å²) in [5.41, 5.74) is 7.85. The van der Waals surface area contributed by atoms with Crippen LogP contribution in [0.15, 0.2) is 60.7 Å². The zero-order valence-electron chi connectivity index (χ0n) is 18.6. The number of nitrogens with zero attached hydrogens (tertiary/aromatic N) is 1. The summed E-state index contributed by atoms with van der Waals surface area (Å²) in [6.07, 6.45) is -0.505. The van der Waals surface area contributed by atoms with Gasteiger partial charge in [-0.2, -0.15) is 0 Å². The van der Waals surface area contributed by atoms with Crippen LogP contribution >= 0.6 is 0 Å². The highest BCUT2D eigenvalue weighted by Crippen LogP contribution is 2.27. The number of hydrogen-bond donors (Lipinski definition) is 2. The molecule has 1 fully saturated rings. The van der Waals surface area contributed by atoms with Crippen molar-refractivity contribution in [2.45, 2.75) is 70.1 Å². The van der Waals surface area contributed by atoms with E-state index < -0.39 is 29.9 Å². The Morgan fingerprint density at radius 2 is 1.68 bits per heavy atom. The lowest BCUT2D eigenvalue weighted by Gasteiger charge is -2.33. The monoisotopic (exact) mass is 426 g/mol. The molecule has 31 heavy (non-hydrogen) atoms. The summed E-state index contributed by atoms with van der Waals surface area (Å²) in [5.74, 6) is 0. The van der Waals surface area contributed by atoms with E-state index in [0.29, 0.717) is 26.0 Å². The van der Waals surface area contributed by atoms with E-state index in [-0.39, 0.29) is 6.10 Å². The first-order valence-corrected chi connectivity index (χ1v) is 10.9. The van der Waals surface area contributed by atoms with Crippen LogP contribution in [0.4, 0.5) is 4.79 Å². The van der Waals surface area contributed by atoms with E-state index in [1.165, 1.54) is 0 Å². The van der Waals surface area contributed by atoms with Crippen LogP contribution in [0, 0.1) is 0 Å². The lowest BCUT2D eigenvalue weighted by molar-refractivity contribution is -0.000334. The quantitative estimate of drug-likeness (QED) is 0.708. The van der Waals surface area contributed by atoms with Gasteiger partial charge in [-0.3, -0.25) is 4.90 Å². The smallest absolute Gasteiger partial charge is 0.410 e. The minimum atomic E-state index is -0.891. The van der Waals surface area contributed by atoms with E-state index in [2.05, 4.69) is 0 Å². The molecule has 2 aromatic rings. The number of nitrogens with two attached hydrogens (primary N) is 1. The van der Waals surface area contributed by atoms with Crippen molar-refractivity contribution in [3.63, 3.8) is 0 Å². The average Bonchev–Trinajstić information content (AvgIpc) is 3.16. The molecule has 0 bridgehead atoms. The average molecular weight is 427 g/mol. The van der Waals surface area contributed by atoms with Gasteiger partial charge in [0.15, 0.2) is 0 Å². The Bertz CT molecular complexity index is 822. The molecule has 0 radical (unpaired) electrons. The van der Waals surface area contributed by atoms with E-state index in [1.54, 1.807) is 4.90 Å². The molecule has 1 amide bonds. The maximum atomic E-state index is 12.9. The SMILES string of the molecule is CC(C)(C)OC(=O)N1CC(OCc2ccccc2)CC1[C@H](O)[C@H](N)Cc1ccccc1. The summed E-state index contributed by atoms with van der Waals surface area (Å²) < 4.78 is 11.7. The Morgan fingerprint density at radius 1 is 1.10 bits per heavy atom. The molecule has 1 saturated heterocycles. The molecule has 4 atom stereocenters. The van der Waals surface area contributed by atoms with Gasteiger partial charge in [0.2, 0.25) is 0 Å². The predicted octanol–water partition coefficient (Wildman–Crippen LogP) is 3.51. The number of rotatable bonds is 7. The largest absolute Gasteiger partial charge is 0.444 e. The van der Waals surface area contributed by atoms with E-state index in [4.69, 9.17) is 15.2 Å². The highest BCUT2D eigenvalue weighted by molar-refractivity contribution is 5.69. The van der Waals surface area contributed by atoms with Crippen molar-refractivity contribution < 1.29 is 19.4 Å². The third-order valence-corrected chi connectivity index (χ3v) is 5.41. The molecular formula is C25H34N2O4. The van der Waals surface area contributed by atoms with Crippen molar-refractivity contribution in [2.24, 2.45) is 5.73 Å². The van der Waals surface area contributed by atoms with Gasteiger partial charge in [-0.05, 0) is 44.7 Å². The molecule has 1 heterocycles. The Kier molecular flexibility index (Phi) is 7.70. The molecule has 1 aliphatic heterocycles. The van der Waals surface area contributed by atoms with Crippen molar-refractivity contribution in [3.8, 4) is 0 Å². The van der Waals surface area contributed by atoms with E-state index in [0.717, 1.165) is 11.1 Å². The fourth-order valence-corrected chi connectivity index (χ4v) is 3.88. The van der Waals surface area contributed by atoms with Gasteiger partial charge < -0.3 is 20.3 Å². The van der Waals surface area contributed by atoms with Gasteiger partial charge in [0.25, 0.3) is 0 Å². The first kappa shape index (κ1) is 23.3. The van der Waals surface area contributed by atoms with E-state index in [1.807, 2.05) is 81.4 Å². The number of carbonyl (C=O) groups excluding carboxylic acids is 1. The molecule has 0 spiro atoms. The van der Waals surface area contributed by atoms with Gasteiger partial charge in [-0.25, -0.2) is 4.79 Å². The van der Waals surface area contributed by atoms with Crippen molar-refractivity contribution in [3.05, 3.63) is 71.8 Å². The molecule has 0 aromatic heterocycles. The number of benzene rings is 2. The normalized spacial score (nSPS) is 21.0. The highest BCUT2D eigenvalue weighted by Gasteiger charge is 2.43. The third-order valence-electron chi connectivity index (χ3n) is 5.41. The van der Waals surface area contributed by atoms with Crippen LogP contribution in [0.2, 0.25) is 0 Å². The Morgan fingerprint density at radius 3 is 2.26 bits per heavy atom. The number of hydrogen-bond acceptors (Lipinski definition) is 5. The Labute approximate surface area is 185 Å². The molecule has 168 valence electrons. The van der Waals surface area contributed by atoms with Crippen LogP contribution < -0.4 is 5.73 Å². The van der Waals surface area contributed by atoms with Gasteiger partial charge in [-0.1, -0.05) is 60.7 Å². The van der Waals surface area contributed by atoms with Crippen molar-refractivity contribution in [2.75, 3.05) is 6.54 Å². The molecule has 1 aliphatic rings. The first-order chi connectivity index (χ1) is 14.7. The molecule has 6 nitrogen and oxygen atoms in total. The number of aliphatic hydroxyl groups excluding tert-OH is 1. The summed E-state index contributed by atoms with van der Waals surface area (Å²) >= 11 is 0.